The largest absolute Gasteiger partial charge is 0.365 e. The lowest BCUT2D eigenvalue weighted by molar-refractivity contribution is 0.100. The van der Waals surface area contributed by atoms with Gasteiger partial charge in [0.05, 0.1) is 28.7 Å². The zero-order chi connectivity index (χ0) is 12.0. The summed E-state index contributed by atoms with van der Waals surface area (Å²) in [5, 5.41) is 4.08. The highest BCUT2D eigenvalue weighted by molar-refractivity contribution is 7.21. The number of fused-ring (bicyclic) bond motifs is 1. The number of hydrogen-bond acceptors (Lipinski definition) is 4. The van der Waals surface area contributed by atoms with Crippen molar-refractivity contribution in [1.29, 1.82) is 0 Å². The van der Waals surface area contributed by atoms with Crippen LogP contribution in [0, 0.1) is 0 Å². The van der Waals surface area contributed by atoms with Crippen molar-refractivity contribution in [2.45, 2.75) is 0 Å². The molecule has 0 unspecified atom stereocenters. The molecule has 0 radical (unpaired) electrons. The van der Waals surface area contributed by atoms with Crippen LogP contribution in [0.5, 0.6) is 0 Å². The Morgan fingerprint density at radius 3 is 2.94 bits per heavy atom. The van der Waals surface area contributed by atoms with Crippen LogP contribution in [-0.4, -0.2) is 25.1 Å². The molecular formula is C10H9N5OS. The van der Waals surface area contributed by atoms with Crippen LogP contribution in [0.1, 0.15) is 10.4 Å². The van der Waals surface area contributed by atoms with Gasteiger partial charge >= 0.3 is 0 Å². The van der Waals surface area contributed by atoms with E-state index >= 15 is 0 Å². The monoisotopic (exact) mass is 247 g/mol. The molecule has 3 heterocycles. The molecule has 2 N–H and O–H groups in total. The Morgan fingerprint density at radius 2 is 2.29 bits per heavy atom. The summed E-state index contributed by atoms with van der Waals surface area (Å²) < 4.78 is 3.52. The number of amides is 1. The lowest BCUT2D eigenvalue weighted by Crippen LogP contribution is -2.09. The molecule has 3 aromatic heterocycles. The minimum Gasteiger partial charge on any atom is -0.365 e. The fourth-order valence-corrected chi connectivity index (χ4v) is 2.64. The van der Waals surface area contributed by atoms with E-state index in [2.05, 4.69) is 10.1 Å². The fourth-order valence-electron chi connectivity index (χ4n) is 1.61. The van der Waals surface area contributed by atoms with Crippen LogP contribution >= 0.6 is 11.3 Å². The number of aromatic nitrogens is 4. The van der Waals surface area contributed by atoms with Crippen LogP contribution in [0.2, 0.25) is 0 Å². The van der Waals surface area contributed by atoms with Gasteiger partial charge in [-0.15, -0.1) is 11.3 Å². The van der Waals surface area contributed by atoms with E-state index in [-0.39, 0.29) is 0 Å². The Balaban J connectivity index is 2.17. The molecule has 6 nitrogen and oxygen atoms in total. The summed E-state index contributed by atoms with van der Waals surface area (Å²) in [6.45, 7) is 0. The maximum absolute atomic E-state index is 11.2. The number of nitrogens with two attached hydrogens (primary N) is 1. The molecule has 0 fully saturated rings. The summed E-state index contributed by atoms with van der Waals surface area (Å²) in [5.41, 5.74) is 6.57. The molecule has 7 heteroatoms. The molecule has 0 aliphatic heterocycles. The van der Waals surface area contributed by atoms with E-state index in [0.717, 1.165) is 15.4 Å². The fraction of sp³-hybridized carbons (Fsp3) is 0.100. The molecule has 0 aliphatic rings. The zero-order valence-electron chi connectivity index (χ0n) is 8.99. The first-order valence-electron chi connectivity index (χ1n) is 4.90. The van der Waals surface area contributed by atoms with Crippen molar-refractivity contribution in [2.24, 2.45) is 12.8 Å². The average molecular weight is 247 g/mol. The van der Waals surface area contributed by atoms with Crippen molar-refractivity contribution in [3.05, 3.63) is 30.5 Å². The van der Waals surface area contributed by atoms with Crippen molar-refractivity contribution < 1.29 is 4.79 Å². The second-order valence-electron chi connectivity index (χ2n) is 3.69. The van der Waals surface area contributed by atoms with E-state index in [0.29, 0.717) is 5.56 Å². The molecule has 0 bridgehead atoms. The molecule has 0 spiro atoms. The number of thiazole rings is 1. The predicted octanol–water partition coefficient (Wildman–Crippen LogP) is 0.895. The first-order valence-corrected chi connectivity index (χ1v) is 5.72. The van der Waals surface area contributed by atoms with E-state index in [1.54, 1.807) is 10.8 Å². The Kier molecular flexibility index (Phi) is 2.02. The van der Waals surface area contributed by atoms with Crippen LogP contribution in [-0.2, 0) is 7.05 Å². The van der Waals surface area contributed by atoms with Gasteiger partial charge in [-0.3, -0.25) is 4.79 Å². The lowest BCUT2D eigenvalue weighted by atomic mass is 10.3. The number of rotatable bonds is 2. The number of carbonyl (C=O) groups excluding carboxylic acids is 1. The van der Waals surface area contributed by atoms with Gasteiger partial charge in [-0.2, -0.15) is 5.10 Å². The summed E-state index contributed by atoms with van der Waals surface area (Å²) in [5.74, 6) is -0.463. The quantitative estimate of drug-likeness (QED) is 0.730. The van der Waals surface area contributed by atoms with Gasteiger partial charge in [0.2, 0.25) is 0 Å². The molecule has 0 saturated heterocycles. The number of nitrogens with zero attached hydrogens (tertiary/aromatic N) is 4. The van der Waals surface area contributed by atoms with E-state index < -0.39 is 5.91 Å². The second-order valence-corrected chi connectivity index (χ2v) is 4.72. The van der Waals surface area contributed by atoms with Gasteiger partial charge in [-0.25, -0.2) is 9.50 Å². The maximum atomic E-state index is 11.2. The minimum atomic E-state index is -0.463. The molecule has 17 heavy (non-hydrogen) atoms. The summed E-state index contributed by atoms with van der Waals surface area (Å²) in [4.78, 5) is 17.1. The van der Waals surface area contributed by atoms with E-state index in [4.69, 9.17) is 5.73 Å². The third-order valence-corrected chi connectivity index (χ3v) is 3.55. The van der Waals surface area contributed by atoms with Gasteiger partial charge in [-0.05, 0) is 0 Å². The average Bonchev–Trinajstić information content (AvgIpc) is 2.89. The molecule has 86 valence electrons. The predicted molar refractivity (Wildman–Crippen MR) is 63.8 cm³/mol. The van der Waals surface area contributed by atoms with Gasteiger partial charge in [0, 0.05) is 19.4 Å². The number of primary amides is 1. The van der Waals surface area contributed by atoms with Gasteiger partial charge in [0.1, 0.15) is 4.83 Å². The van der Waals surface area contributed by atoms with Crippen LogP contribution in [0.15, 0.2) is 24.9 Å². The topological polar surface area (TPSA) is 78.2 Å². The highest BCUT2D eigenvalue weighted by Crippen LogP contribution is 2.28. The number of aryl methyl sites for hydroxylation is 1. The Hall–Kier alpha value is -2.15. The first-order chi connectivity index (χ1) is 8.15. The molecule has 3 rings (SSSR count). The molecule has 0 saturated carbocycles. The molecule has 3 aromatic rings. The van der Waals surface area contributed by atoms with E-state index in [1.807, 2.05) is 24.0 Å². The highest BCUT2D eigenvalue weighted by Gasteiger charge is 2.14. The van der Waals surface area contributed by atoms with Gasteiger partial charge in [0.25, 0.3) is 5.91 Å². The Labute approximate surface area is 100 Å². The maximum Gasteiger partial charge on any atom is 0.253 e. The molecule has 1 amide bonds. The number of hydrogen-bond donors (Lipinski definition) is 1. The van der Waals surface area contributed by atoms with Gasteiger partial charge < -0.3 is 10.3 Å². The molecule has 0 atom stereocenters. The summed E-state index contributed by atoms with van der Waals surface area (Å²) in [6.07, 6.45) is 6.97. The third-order valence-electron chi connectivity index (χ3n) is 2.42. The number of carbonyl (C=O) groups is 1. The van der Waals surface area contributed by atoms with E-state index in [9.17, 15) is 4.79 Å². The lowest BCUT2D eigenvalue weighted by Gasteiger charge is -1.87. The van der Waals surface area contributed by atoms with Crippen molar-refractivity contribution in [1.82, 2.24) is 19.2 Å². The van der Waals surface area contributed by atoms with Crippen LogP contribution in [0.4, 0.5) is 0 Å². The molecule has 0 aromatic carbocycles. The highest BCUT2D eigenvalue weighted by atomic mass is 32.1. The summed E-state index contributed by atoms with van der Waals surface area (Å²) >= 11 is 1.45. The smallest absolute Gasteiger partial charge is 0.253 e. The molecular weight excluding hydrogens is 238 g/mol. The van der Waals surface area contributed by atoms with E-state index in [1.165, 1.54) is 17.5 Å². The SMILES string of the molecule is Cn1cnc(-c2cn3ncc(C(N)=O)c3s2)c1. The van der Waals surface area contributed by atoms with Crippen LogP contribution in [0.3, 0.4) is 0 Å². The second kappa shape index (κ2) is 3.42. The third kappa shape index (κ3) is 1.51. The summed E-state index contributed by atoms with van der Waals surface area (Å²) in [6, 6.07) is 0. The van der Waals surface area contributed by atoms with Crippen LogP contribution in [0.25, 0.3) is 15.4 Å². The standard InChI is InChI=1S/C10H9N5OS/c1-14-3-7(12-5-14)8-4-15-10(17-8)6(2-13-15)9(11)16/h2-5H,1H3,(H2,11,16). The number of imidazole rings is 1. The van der Waals surface area contributed by atoms with Crippen molar-refractivity contribution >= 4 is 22.1 Å². The molecule has 0 aliphatic carbocycles. The zero-order valence-corrected chi connectivity index (χ0v) is 9.81. The van der Waals surface area contributed by atoms with Crippen molar-refractivity contribution in [2.75, 3.05) is 0 Å². The first kappa shape index (κ1) is 10.0. The van der Waals surface area contributed by atoms with Gasteiger partial charge in [0.15, 0.2) is 0 Å². The van der Waals surface area contributed by atoms with Gasteiger partial charge in [-0.1, -0.05) is 0 Å². The normalized spacial score (nSPS) is 11.1. The minimum absolute atomic E-state index is 0.442. The van der Waals surface area contributed by atoms with Crippen molar-refractivity contribution in [3.8, 4) is 10.6 Å². The Bertz CT molecular complexity index is 707. The van der Waals surface area contributed by atoms with Crippen LogP contribution < -0.4 is 5.73 Å². The van der Waals surface area contributed by atoms with Crippen molar-refractivity contribution in [3.63, 3.8) is 0 Å². The summed E-state index contributed by atoms with van der Waals surface area (Å²) in [7, 11) is 1.91. The Morgan fingerprint density at radius 1 is 1.47 bits per heavy atom.